The number of rotatable bonds is 4. The highest BCUT2D eigenvalue weighted by molar-refractivity contribution is 9.10. The molecule has 3 heteroatoms. The summed E-state index contributed by atoms with van der Waals surface area (Å²) in [4.78, 5) is 0. The second-order valence-corrected chi connectivity index (χ2v) is 8.02. The number of nitrogens with one attached hydrogen (secondary N) is 1. The summed E-state index contributed by atoms with van der Waals surface area (Å²) in [6.45, 7) is 8.88. The third-order valence-corrected chi connectivity index (χ3v) is 5.74. The molecule has 1 aliphatic heterocycles. The minimum Gasteiger partial charge on any atom is -0.493 e. The average molecular weight is 352 g/mol. The lowest BCUT2D eigenvalue weighted by Crippen LogP contribution is -2.34. The zero-order chi connectivity index (χ0) is 15.0. The summed E-state index contributed by atoms with van der Waals surface area (Å²) in [6.07, 6.45) is 5.02. The molecule has 0 saturated heterocycles. The Hall–Kier alpha value is -0.540. The van der Waals surface area contributed by atoms with Crippen molar-refractivity contribution >= 4 is 15.9 Å². The van der Waals surface area contributed by atoms with Gasteiger partial charge in [0, 0.05) is 22.5 Å². The van der Waals surface area contributed by atoms with Gasteiger partial charge in [-0.05, 0) is 48.4 Å². The predicted molar refractivity (Wildman–Crippen MR) is 90.9 cm³/mol. The maximum Gasteiger partial charge on any atom is 0.127 e. The van der Waals surface area contributed by atoms with E-state index in [2.05, 4.69) is 54.2 Å². The summed E-state index contributed by atoms with van der Waals surface area (Å²) >= 11 is 3.69. The molecule has 1 fully saturated rings. The Bertz CT molecular complexity index is 526. The standard InChI is InChI=1S/C18H26BrNO/c1-4-20-16(15-6-5-8-18(15,2)3)14-11-13(19)10-12-7-9-21-17(12)14/h10-11,15-16,20H,4-9H2,1-3H3. The highest BCUT2D eigenvalue weighted by atomic mass is 79.9. The molecule has 1 saturated carbocycles. The number of hydrogen-bond acceptors (Lipinski definition) is 2. The van der Waals surface area contributed by atoms with Crippen molar-refractivity contribution in [2.45, 2.75) is 52.5 Å². The summed E-state index contributed by atoms with van der Waals surface area (Å²) < 4.78 is 7.16. The van der Waals surface area contributed by atoms with Crippen LogP contribution >= 0.6 is 15.9 Å². The van der Waals surface area contributed by atoms with E-state index in [4.69, 9.17) is 4.74 Å². The van der Waals surface area contributed by atoms with Gasteiger partial charge < -0.3 is 10.1 Å². The fourth-order valence-corrected chi connectivity index (χ4v) is 4.71. The Morgan fingerprint density at radius 3 is 2.90 bits per heavy atom. The van der Waals surface area contributed by atoms with Crippen molar-refractivity contribution in [3.05, 3.63) is 27.7 Å². The lowest BCUT2D eigenvalue weighted by Gasteiger charge is -2.35. The summed E-state index contributed by atoms with van der Waals surface area (Å²) in [7, 11) is 0. The first-order valence-corrected chi connectivity index (χ1v) is 9.00. The van der Waals surface area contributed by atoms with E-state index in [9.17, 15) is 0 Å². The summed E-state index contributed by atoms with van der Waals surface area (Å²) in [5.41, 5.74) is 3.12. The van der Waals surface area contributed by atoms with Crippen molar-refractivity contribution in [1.29, 1.82) is 0 Å². The molecule has 2 atom stereocenters. The molecule has 0 aromatic heterocycles. The van der Waals surface area contributed by atoms with E-state index in [0.717, 1.165) is 25.3 Å². The molecular formula is C18H26BrNO. The maximum absolute atomic E-state index is 5.98. The van der Waals surface area contributed by atoms with Crippen LogP contribution in [0.3, 0.4) is 0 Å². The van der Waals surface area contributed by atoms with Crippen LogP contribution in [0.1, 0.15) is 57.2 Å². The largest absolute Gasteiger partial charge is 0.493 e. The average Bonchev–Trinajstić information content (AvgIpc) is 3.01. The van der Waals surface area contributed by atoms with E-state index in [0.29, 0.717) is 17.4 Å². The third-order valence-electron chi connectivity index (χ3n) is 5.28. The molecule has 0 radical (unpaired) electrons. The van der Waals surface area contributed by atoms with Gasteiger partial charge in [0.1, 0.15) is 5.75 Å². The van der Waals surface area contributed by atoms with Crippen LogP contribution < -0.4 is 10.1 Å². The SMILES string of the molecule is CCNC(c1cc(Br)cc2c1OCC2)C1CCCC1(C)C. The molecule has 0 spiro atoms. The highest BCUT2D eigenvalue weighted by Gasteiger charge is 2.41. The van der Waals surface area contributed by atoms with Crippen molar-refractivity contribution in [3.8, 4) is 5.75 Å². The summed E-state index contributed by atoms with van der Waals surface area (Å²) in [5.74, 6) is 1.83. The van der Waals surface area contributed by atoms with Crippen LogP contribution in [0.4, 0.5) is 0 Å². The fourth-order valence-electron chi connectivity index (χ4n) is 4.19. The quantitative estimate of drug-likeness (QED) is 0.836. The molecule has 0 amide bonds. The third kappa shape index (κ3) is 2.87. The second-order valence-electron chi connectivity index (χ2n) is 7.10. The maximum atomic E-state index is 5.98. The Kier molecular flexibility index (Phi) is 4.33. The van der Waals surface area contributed by atoms with Gasteiger partial charge >= 0.3 is 0 Å². The molecular weight excluding hydrogens is 326 g/mol. The van der Waals surface area contributed by atoms with Crippen LogP contribution in [-0.2, 0) is 6.42 Å². The first-order valence-electron chi connectivity index (χ1n) is 8.21. The highest BCUT2D eigenvalue weighted by Crippen LogP contribution is 2.51. The first-order chi connectivity index (χ1) is 10.0. The molecule has 1 aromatic rings. The van der Waals surface area contributed by atoms with Crippen LogP contribution in [0.15, 0.2) is 16.6 Å². The van der Waals surface area contributed by atoms with Gasteiger partial charge in [-0.3, -0.25) is 0 Å². The topological polar surface area (TPSA) is 21.3 Å². The van der Waals surface area contributed by atoms with Gasteiger partial charge in [-0.15, -0.1) is 0 Å². The number of ether oxygens (including phenoxy) is 1. The van der Waals surface area contributed by atoms with Crippen molar-refractivity contribution in [2.75, 3.05) is 13.2 Å². The number of hydrogen-bond donors (Lipinski definition) is 1. The van der Waals surface area contributed by atoms with E-state index in [1.165, 1.54) is 34.9 Å². The van der Waals surface area contributed by atoms with Gasteiger partial charge in [-0.2, -0.15) is 0 Å². The van der Waals surface area contributed by atoms with Crippen LogP contribution in [0.2, 0.25) is 0 Å². The van der Waals surface area contributed by atoms with E-state index < -0.39 is 0 Å². The zero-order valence-corrected chi connectivity index (χ0v) is 14.9. The fraction of sp³-hybridized carbons (Fsp3) is 0.667. The van der Waals surface area contributed by atoms with Gasteiger partial charge in [0.05, 0.1) is 6.61 Å². The normalized spacial score (nSPS) is 24.7. The zero-order valence-electron chi connectivity index (χ0n) is 13.3. The van der Waals surface area contributed by atoms with E-state index >= 15 is 0 Å². The number of benzene rings is 1. The number of fused-ring (bicyclic) bond motifs is 1. The smallest absolute Gasteiger partial charge is 0.127 e. The predicted octanol–water partition coefficient (Wildman–Crippen LogP) is 4.86. The minimum absolute atomic E-state index is 0.400. The Morgan fingerprint density at radius 1 is 1.43 bits per heavy atom. The van der Waals surface area contributed by atoms with Crippen LogP contribution in [0.5, 0.6) is 5.75 Å². The molecule has 2 aliphatic rings. The molecule has 3 rings (SSSR count). The molecule has 0 bridgehead atoms. The van der Waals surface area contributed by atoms with Crippen molar-refractivity contribution in [1.82, 2.24) is 5.32 Å². The molecule has 1 aliphatic carbocycles. The first kappa shape index (κ1) is 15.4. The monoisotopic (exact) mass is 351 g/mol. The molecule has 1 aromatic carbocycles. The minimum atomic E-state index is 0.400. The van der Waals surface area contributed by atoms with Crippen LogP contribution in [-0.4, -0.2) is 13.2 Å². The molecule has 2 unspecified atom stereocenters. The second kappa shape index (κ2) is 5.92. The van der Waals surface area contributed by atoms with Crippen molar-refractivity contribution in [2.24, 2.45) is 11.3 Å². The van der Waals surface area contributed by atoms with Crippen molar-refractivity contribution in [3.63, 3.8) is 0 Å². The van der Waals surface area contributed by atoms with E-state index in [-0.39, 0.29) is 0 Å². The van der Waals surface area contributed by atoms with Gasteiger partial charge in [0.25, 0.3) is 0 Å². The lowest BCUT2D eigenvalue weighted by atomic mass is 9.75. The van der Waals surface area contributed by atoms with Crippen LogP contribution in [0, 0.1) is 11.3 Å². The van der Waals surface area contributed by atoms with Gasteiger partial charge in [0.2, 0.25) is 0 Å². The van der Waals surface area contributed by atoms with Gasteiger partial charge in [0.15, 0.2) is 0 Å². The van der Waals surface area contributed by atoms with Crippen LogP contribution in [0.25, 0.3) is 0 Å². The van der Waals surface area contributed by atoms with Crippen molar-refractivity contribution < 1.29 is 4.74 Å². The Morgan fingerprint density at radius 2 is 2.24 bits per heavy atom. The Balaban J connectivity index is 2.02. The number of halogens is 1. The summed E-state index contributed by atoms with van der Waals surface area (Å²) in [6, 6.07) is 4.89. The lowest BCUT2D eigenvalue weighted by molar-refractivity contribution is 0.196. The van der Waals surface area contributed by atoms with E-state index in [1.54, 1.807) is 0 Å². The van der Waals surface area contributed by atoms with Gasteiger partial charge in [-0.1, -0.05) is 43.1 Å². The Labute approximate surface area is 136 Å². The van der Waals surface area contributed by atoms with E-state index in [1.807, 2.05) is 0 Å². The molecule has 1 N–H and O–H groups in total. The van der Waals surface area contributed by atoms with Gasteiger partial charge in [-0.25, -0.2) is 0 Å². The molecule has 116 valence electrons. The molecule has 2 nitrogen and oxygen atoms in total. The molecule has 21 heavy (non-hydrogen) atoms. The molecule has 1 heterocycles. The summed E-state index contributed by atoms with van der Waals surface area (Å²) in [5, 5.41) is 3.75.